The second kappa shape index (κ2) is 9.14. The molecule has 5 aromatic heterocycles. The molecule has 9 nitrogen and oxygen atoms in total. The number of imidazole rings is 2. The molecule has 1 aliphatic rings. The molecule has 0 saturated carbocycles. The van der Waals surface area contributed by atoms with Gasteiger partial charge in [-0.05, 0) is 56.6 Å². The van der Waals surface area contributed by atoms with Gasteiger partial charge in [-0.3, -0.25) is 15.0 Å². The number of nitrogens with zero attached hydrogens (tertiary/aromatic N) is 7. The van der Waals surface area contributed by atoms with Crippen LogP contribution in [-0.4, -0.2) is 57.7 Å². The molecule has 0 atom stereocenters. The van der Waals surface area contributed by atoms with Gasteiger partial charge < -0.3 is 9.55 Å². The fraction of sp³-hybridized carbons (Fsp3) is 0.250. The van der Waals surface area contributed by atoms with Crippen LogP contribution in [0.4, 0.5) is 4.39 Å². The third kappa shape index (κ3) is 4.03. The first-order valence-electron chi connectivity index (χ1n) is 12.8. The summed E-state index contributed by atoms with van der Waals surface area (Å²) < 4.78 is 17.2. The Labute approximate surface area is 217 Å². The second-order valence-corrected chi connectivity index (χ2v) is 9.90. The molecule has 1 aliphatic heterocycles. The highest BCUT2D eigenvalue weighted by Crippen LogP contribution is 2.33. The van der Waals surface area contributed by atoms with Crippen LogP contribution in [0.15, 0.2) is 55.4 Å². The molecular formula is C28H26FN9. The number of likely N-dealkylation sites (tertiary alicyclic amines) is 1. The van der Waals surface area contributed by atoms with Crippen LogP contribution in [0.1, 0.15) is 30.5 Å². The molecule has 0 amide bonds. The van der Waals surface area contributed by atoms with Crippen molar-refractivity contribution in [3.8, 4) is 28.3 Å². The van der Waals surface area contributed by atoms with Crippen LogP contribution in [0.5, 0.6) is 0 Å². The van der Waals surface area contributed by atoms with Crippen molar-refractivity contribution in [3.63, 3.8) is 0 Å². The Morgan fingerprint density at radius 2 is 1.95 bits per heavy atom. The summed E-state index contributed by atoms with van der Waals surface area (Å²) in [4.78, 5) is 23.7. The molecule has 7 rings (SSSR count). The van der Waals surface area contributed by atoms with E-state index in [1.165, 1.54) is 25.3 Å². The van der Waals surface area contributed by atoms with Crippen molar-refractivity contribution in [3.05, 3.63) is 72.5 Å². The molecule has 2 N–H and O–H groups in total. The number of aromatic amines is 2. The number of hydrogen-bond donors (Lipinski definition) is 2. The largest absolute Gasteiger partial charge is 0.333 e. The standard InChI is InChI=1S/C28H26FN9/c1-17-14-38(16-32-17)24-5-6-31-27-26(24)33-28(34-27)25-21-10-20(22(29)11-23(21)35-36-25)19-9-18(12-30-13-19)15-37-7-3-2-4-8-37/h5-6,9-14,16H,2-4,7-8,15H2,1H3,(H,35,36)(H,31,33,34). The Morgan fingerprint density at radius 1 is 1.05 bits per heavy atom. The minimum atomic E-state index is -0.325. The van der Waals surface area contributed by atoms with Crippen molar-refractivity contribution >= 4 is 22.1 Å². The third-order valence-corrected chi connectivity index (χ3v) is 7.20. The molecule has 6 heterocycles. The highest BCUT2D eigenvalue weighted by atomic mass is 19.1. The van der Waals surface area contributed by atoms with Gasteiger partial charge in [-0.1, -0.05) is 6.42 Å². The summed E-state index contributed by atoms with van der Waals surface area (Å²) in [5.74, 6) is 0.228. The molecule has 1 saturated heterocycles. The molecule has 1 aromatic carbocycles. The van der Waals surface area contributed by atoms with E-state index in [2.05, 4.69) is 35.0 Å². The predicted octanol–water partition coefficient (Wildman–Crippen LogP) is 5.18. The van der Waals surface area contributed by atoms with E-state index in [4.69, 9.17) is 4.98 Å². The first-order chi connectivity index (χ1) is 18.6. The van der Waals surface area contributed by atoms with Crippen LogP contribution in [0, 0.1) is 12.7 Å². The Balaban J connectivity index is 1.28. The van der Waals surface area contributed by atoms with Crippen molar-refractivity contribution in [2.24, 2.45) is 0 Å². The molecule has 0 radical (unpaired) electrons. The fourth-order valence-electron chi connectivity index (χ4n) is 5.31. The van der Waals surface area contributed by atoms with E-state index in [0.29, 0.717) is 28.2 Å². The quantitative estimate of drug-likeness (QED) is 0.333. The van der Waals surface area contributed by atoms with Gasteiger partial charge in [0.2, 0.25) is 0 Å². The average molecular weight is 508 g/mol. The summed E-state index contributed by atoms with van der Waals surface area (Å²) in [5, 5.41) is 8.21. The van der Waals surface area contributed by atoms with Gasteiger partial charge in [-0.2, -0.15) is 5.10 Å². The number of aromatic nitrogens is 8. The van der Waals surface area contributed by atoms with Gasteiger partial charge in [0.15, 0.2) is 11.5 Å². The zero-order valence-electron chi connectivity index (χ0n) is 20.9. The van der Waals surface area contributed by atoms with Gasteiger partial charge in [0.1, 0.15) is 17.0 Å². The van der Waals surface area contributed by atoms with E-state index in [1.54, 1.807) is 18.7 Å². The first kappa shape index (κ1) is 22.7. The topological polar surface area (TPSA) is 104 Å². The zero-order valence-corrected chi connectivity index (χ0v) is 20.9. The SMILES string of the molecule is Cc1cn(-c2ccnc3nc(-c4n[nH]c5cc(F)c(-c6cncc(CN7CCCCC7)c6)cc45)[nH]c23)cn1. The molecule has 10 heteroatoms. The smallest absolute Gasteiger partial charge is 0.180 e. The summed E-state index contributed by atoms with van der Waals surface area (Å²) in [5.41, 5.74) is 6.65. The lowest BCUT2D eigenvalue weighted by atomic mass is 10.0. The van der Waals surface area contributed by atoms with E-state index >= 15 is 4.39 Å². The predicted molar refractivity (Wildman–Crippen MR) is 143 cm³/mol. The van der Waals surface area contributed by atoms with Gasteiger partial charge in [-0.25, -0.2) is 19.3 Å². The average Bonchev–Trinajstić information content (AvgIpc) is 3.66. The molecule has 38 heavy (non-hydrogen) atoms. The van der Waals surface area contributed by atoms with Crippen molar-refractivity contribution in [2.45, 2.75) is 32.7 Å². The summed E-state index contributed by atoms with van der Waals surface area (Å²) in [6.07, 6.45) is 12.8. The van der Waals surface area contributed by atoms with E-state index in [1.807, 2.05) is 42.1 Å². The van der Waals surface area contributed by atoms with Crippen molar-refractivity contribution in [2.75, 3.05) is 13.1 Å². The first-order valence-corrected chi connectivity index (χ1v) is 12.8. The molecule has 1 fully saturated rings. The van der Waals surface area contributed by atoms with E-state index < -0.39 is 0 Å². The summed E-state index contributed by atoms with van der Waals surface area (Å²) >= 11 is 0. The molecular weight excluding hydrogens is 481 g/mol. The number of pyridine rings is 2. The van der Waals surface area contributed by atoms with E-state index in [0.717, 1.165) is 53.0 Å². The summed E-state index contributed by atoms with van der Waals surface area (Å²) in [6, 6.07) is 7.26. The van der Waals surface area contributed by atoms with Crippen LogP contribution in [-0.2, 0) is 6.54 Å². The van der Waals surface area contributed by atoms with Crippen molar-refractivity contribution < 1.29 is 4.39 Å². The fourth-order valence-corrected chi connectivity index (χ4v) is 5.31. The lowest BCUT2D eigenvalue weighted by Gasteiger charge is -2.26. The highest BCUT2D eigenvalue weighted by molar-refractivity contribution is 5.96. The number of nitrogens with one attached hydrogen (secondary N) is 2. The van der Waals surface area contributed by atoms with Gasteiger partial charge in [-0.15, -0.1) is 0 Å². The second-order valence-electron chi connectivity index (χ2n) is 9.90. The maximum atomic E-state index is 15.3. The number of aryl methyl sites for hydroxylation is 1. The highest BCUT2D eigenvalue weighted by Gasteiger charge is 2.19. The van der Waals surface area contributed by atoms with Crippen LogP contribution >= 0.6 is 0 Å². The lowest BCUT2D eigenvalue weighted by molar-refractivity contribution is 0.220. The Bertz CT molecular complexity index is 1770. The van der Waals surface area contributed by atoms with Gasteiger partial charge in [0.25, 0.3) is 0 Å². The number of rotatable bonds is 5. The lowest BCUT2D eigenvalue weighted by Crippen LogP contribution is -2.29. The minimum absolute atomic E-state index is 0.325. The number of H-pyrrole nitrogens is 2. The third-order valence-electron chi connectivity index (χ3n) is 7.20. The van der Waals surface area contributed by atoms with Crippen LogP contribution in [0.2, 0.25) is 0 Å². The van der Waals surface area contributed by atoms with Gasteiger partial charge in [0.05, 0.1) is 23.2 Å². The molecule has 0 spiro atoms. The van der Waals surface area contributed by atoms with Crippen LogP contribution in [0.25, 0.3) is 50.4 Å². The normalized spacial score (nSPS) is 14.6. The minimum Gasteiger partial charge on any atom is -0.333 e. The van der Waals surface area contributed by atoms with Gasteiger partial charge in [0, 0.05) is 53.9 Å². The Hall–Kier alpha value is -4.44. The Morgan fingerprint density at radius 3 is 2.79 bits per heavy atom. The maximum Gasteiger partial charge on any atom is 0.180 e. The number of benzene rings is 1. The number of piperidine rings is 1. The molecule has 190 valence electrons. The summed E-state index contributed by atoms with van der Waals surface area (Å²) in [7, 11) is 0. The van der Waals surface area contributed by atoms with Crippen LogP contribution < -0.4 is 0 Å². The number of hydrogen-bond acceptors (Lipinski definition) is 6. The molecule has 0 aliphatic carbocycles. The van der Waals surface area contributed by atoms with Crippen molar-refractivity contribution in [1.82, 2.24) is 44.6 Å². The van der Waals surface area contributed by atoms with E-state index in [-0.39, 0.29) is 5.82 Å². The monoisotopic (exact) mass is 507 g/mol. The number of fused-ring (bicyclic) bond motifs is 2. The molecule has 0 bridgehead atoms. The zero-order chi connectivity index (χ0) is 25.6. The number of halogens is 1. The molecule has 6 aromatic rings. The summed E-state index contributed by atoms with van der Waals surface area (Å²) in [6.45, 7) is 4.96. The van der Waals surface area contributed by atoms with Gasteiger partial charge >= 0.3 is 0 Å². The van der Waals surface area contributed by atoms with Crippen LogP contribution in [0.3, 0.4) is 0 Å². The van der Waals surface area contributed by atoms with Crippen molar-refractivity contribution in [1.29, 1.82) is 0 Å². The molecule has 0 unspecified atom stereocenters. The van der Waals surface area contributed by atoms with E-state index in [9.17, 15) is 0 Å². The maximum absolute atomic E-state index is 15.3. The Kier molecular flexibility index (Phi) is 5.47.